The monoisotopic (exact) mass is 352 g/mol. The van der Waals surface area contributed by atoms with E-state index in [9.17, 15) is 19.8 Å². The first kappa shape index (κ1) is 19.3. The molecule has 1 aromatic carbocycles. The molecule has 8 nitrogen and oxygen atoms in total. The van der Waals surface area contributed by atoms with Gasteiger partial charge in [-0.05, 0) is 5.56 Å². The Labute approximate surface area is 146 Å². The zero-order chi connectivity index (χ0) is 18.4. The van der Waals surface area contributed by atoms with Crippen LogP contribution >= 0.6 is 0 Å². The molecule has 1 aliphatic heterocycles. The Morgan fingerprint density at radius 3 is 2.28 bits per heavy atom. The van der Waals surface area contributed by atoms with E-state index in [0.29, 0.717) is 0 Å². The number of rotatable bonds is 6. The average molecular weight is 352 g/mol. The number of carbonyl (C=O) groups is 2. The average Bonchev–Trinajstić information content (AvgIpc) is 2.57. The fourth-order valence-electron chi connectivity index (χ4n) is 2.80. The normalized spacial score (nSPS) is 29.0. The first-order valence-electron chi connectivity index (χ1n) is 8.06. The Kier molecular flexibility index (Phi) is 6.89. The van der Waals surface area contributed by atoms with Crippen molar-refractivity contribution in [1.82, 2.24) is 10.6 Å². The van der Waals surface area contributed by atoms with Gasteiger partial charge < -0.3 is 30.3 Å². The van der Waals surface area contributed by atoms with E-state index in [2.05, 4.69) is 10.6 Å². The summed E-state index contributed by atoms with van der Waals surface area (Å²) in [6, 6.07) is 7.71. The van der Waals surface area contributed by atoms with Gasteiger partial charge in [0.1, 0.15) is 18.2 Å². The van der Waals surface area contributed by atoms with Gasteiger partial charge in [0.15, 0.2) is 6.29 Å². The molecule has 0 spiro atoms. The van der Waals surface area contributed by atoms with Crippen molar-refractivity contribution in [2.45, 2.75) is 51.0 Å². The molecule has 0 unspecified atom stereocenters. The third kappa shape index (κ3) is 5.23. The van der Waals surface area contributed by atoms with Crippen molar-refractivity contribution < 1.29 is 29.3 Å². The van der Waals surface area contributed by atoms with Crippen LogP contribution in [0.2, 0.25) is 0 Å². The molecule has 4 N–H and O–H groups in total. The van der Waals surface area contributed by atoms with Crippen LogP contribution in [-0.4, -0.2) is 59.2 Å². The largest absolute Gasteiger partial charge is 0.394 e. The molecule has 1 fully saturated rings. The smallest absolute Gasteiger partial charge is 0.217 e. The van der Waals surface area contributed by atoms with Gasteiger partial charge in [0, 0.05) is 13.8 Å². The van der Waals surface area contributed by atoms with Gasteiger partial charge in [-0.15, -0.1) is 0 Å². The maximum Gasteiger partial charge on any atom is 0.217 e. The van der Waals surface area contributed by atoms with Crippen molar-refractivity contribution in [1.29, 1.82) is 0 Å². The summed E-state index contributed by atoms with van der Waals surface area (Å²) in [6.45, 7) is 2.39. The summed E-state index contributed by atoms with van der Waals surface area (Å²) < 4.78 is 11.4. The fourth-order valence-corrected chi connectivity index (χ4v) is 2.80. The Morgan fingerprint density at radius 1 is 1.12 bits per heavy atom. The summed E-state index contributed by atoms with van der Waals surface area (Å²) in [7, 11) is 0. The number of ether oxygens (including phenoxy) is 2. The minimum atomic E-state index is -1.19. The van der Waals surface area contributed by atoms with Gasteiger partial charge in [0.2, 0.25) is 11.8 Å². The highest BCUT2D eigenvalue weighted by atomic mass is 16.7. The van der Waals surface area contributed by atoms with E-state index in [1.807, 2.05) is 30.3 Å². The van der Waals surface area contributed by atoms with E-state index < -0.39 is 37.2 Å². The van der Waals surface area contributed by atoms with Gasteiger partial charge in [-0.3, -0.25) is 9.59 Å². The highest BCUT2D eigenvalue weighted by Gasteiger charge is 2.46. The van der Waals surface area contributed by atoms with Crippen LogP contribution in [0.1, 0.15) is 19.4 Å². The van der Waals surface area contributed by atoms with E-state index >= 15 is 0 Å². The standard InChI is InChI=1S/C17H24N2O6/c1-10(21)18-14-15(19-11(2)22)17(25-13(8-20)16(14)23)24-9-12-6-4-3-5-7-12/h3-7,13-17,20,23H,8-9H2,1-2H3,(H,18,21)(H,19,22)/t13-,14-,15-,16-,17+/m1/s1. The van der Waals surface area contributed by atoms with Gasteiger partial charge in [-0.25, -0.2) is 0 Å². The summed E-state index contributed by atoms with van der Waals surface area (Å²) in [6.07, 6.45) is -3.08. The first-order valence-corrected chi connectivity index (χ1v) is 8.06. The van der Waals surface area contributed by atoms with Crippen LogP contribution in [0.15, 0.2) is 30.3 Å². The zero-order valence-corrected chi connectivity index (χ0v) is 14.2. The highest BCUT2D eigenvalue weighted by molar-refractivity contribution is 5.75. The first-order chi connectivity index (χ1) is 11.9. The maximum absolute atomic E-state index is 11.6. The lowest BCUT2D eigenvalue weighted by molar-refractivity contribution is -0.253. The molecule has 2 amide bonds. The molecule has 138 valence electrons. The third-order valence-corrected chi connectivity index (χ3v) is 3.91. The molecule has 8 heteroatoms. The zero-order valence-electron chi connectivity index (χ0n) is 14.2. The van der Waals surface area contributed by atoms with Crippen LogP contribution in [0.4, 0.5) is 0 Å². The lowest BCUT2D eigenvalue weighted by atomic mass is 9.94. The molecular formula is C17H24N2O6. The number of amides is 2. The van der Waals surface area contributed by atoms with E-state index in [1.54, 1.807) is 0 Å². The van der Waals surface area contributed by atoms with Gasteiger partial charge in [0.25, 0.3) is 0 Å². The molecule has 0 saturated carbocycles. The summed E-state index contributed by atoms with van der Waals surface area (Å²) in [5, 5.41) is 25.1. The minimum Gasteiger partial charge on any atom is -0.394 e. The molecule has 2 rings (SSSR count). The second-order valence-corrected chi connectivity index (χ2v) is 5.97. The second kappa shape index (κ2) is 8.91. The number of aliphatic hydroxyl groups is 2. The van der Waals surface area contributed by atoms with Crippen molar-refractivity contribution in [2.24, 2.45) is 0 Å². The number of nitrogens with one attached hydrogen (secondary N) is 2. The molecule has 0 bridgehead atoms. The Hall–Kier alpha value is -2.00. The van der Waals surface area contributed by atoms with Crippen LogP contribution in [0.25, 0.3) is 0 Å². The lowest BCUT2D eigenvalue weighted by Gasteiger charge is -2.44. The van der Waals surface area contributed by atoms with Crippen molar-refractivity contribution in [3.63, 3.8) is 0 Å². The molecule has 1 saturated heterocycles. The summed E-state index contributed by atoms with van der Waals surface area (Å²) in [5.74, 6) is -0.730. The Balaban J connectivity index is 2.19. The van der Waals surface area contributed by atoms with Crippen LogP contribution in [-0.2, 0) is 25.7 Å². The Bertz CT molecular complexity index is 582. The molecule has 25 heavy (non-hydrogen) atoms. The number of carbonyl (C=O) groups excluding carboxylic acids is 2. The fraction of sp³-hybridized carbons (Fsp3) is 0.529. The third-order valence-electron chi connectivity index (χ3n) is 3.91. The molecule has 0 aliphatic carbocycles. The highest BCUT2D eigenvalue weighted by Crippen LogP contribution is 2.23. The van der Waals surface area contributed by atoms with E-state index in [4.69, 9.17) is 9.47 Å². The molecule has 1 aromatic rings. The second-order valence-electron chi connectivity index (χ2n) is 5.97. The van der Waals surface area contributed by atoms with Crippen molar-refractivity contribution in [3.8, 4) is 0 Å². The van der Waals surface area contributed by atoms with Crippen molar-refractivity contribution >= 4 is 11.8 Å². The predicted molar refractivity (Wildman–Crippen MR) is 88.2 cm³/mol. The molecule has 0 aromatic heterocycles. The molecular weight excluding hydrogens is 328 g/mol. The van der Waals surface area contributed by atoms with Gasteiger partial charge in [0.05, 0.1) is 19.3 Å². The van der Waals surface area contributed by atoms with Crippen molar-refractivity contribution in [2.75, 3.05) is 6.61 Å². The van der Waals surface area contributed by atoms with Gasteiger partial charge >= 0.3 is 0 Å². The number of hydrogen-bond acceptors (Lipinski definition) is 6. The topological polar surface area (TPSA) is 117 Å². The summed E-state index contributed by atoms with van der Waals surface area (Å²) in [5.41, 5.74) is 0.899. The molecule has 1 heterocycles. The van der Waals surface area contributed by atoms with Gasteiger partial charge in [-0.2, -0.15) is 0 Å². The van der Waals surface area contributed by atoms with E-state index in [-0.39, 0.29) is 18.4 Å². The SMILES string of the molecule is CC(=O)N[C@H]1[C@@H](OCc2ccccc2)O[C@H](CO)[C@@H](O)[C@@H]1NC(C)=O. The van der Waals surface area contributed by atoms with E-state index in [1.165, 1.54) is 13.8 Å². The van der Waals surface area contributed by atoms with Gasteiger partial charge in [-0.1, -0.05) is 30.3 Å². The van der Waals surface area contributed by atoms with Crippen LogP contribution < -0.4 is 10.6 Å². The van der Waals surface area contributed by atoms with E-state index in [0.717, 1.165) is 5.56 Å². The van der Waals surface area contributed by atoms with Crippen LogP contribution in [0.3, 0.4) is 0 Å². The number of benzene rings is 1. The van der Waals surface area contributed by atoms with Crippen molar-refractivity contribution in [3.05, 3.63) is 35.9 Å². The quantitative estimate of drug-likeness (QED) is 0.537. The summed E-state index contributed by atoms with van der Waals surface area (Å²) in [4.78, 5) is 23.0. The minimum absolute atomic E-state index is 0.211. The number of hydrogen-bond donors (Lipinski definition) is 4. The molecule has 1 aliphatic rings. The molecule has 5 atom stereocenters. The lowest BCUT2D eigenvalue weighted by Crippen LogP contribution is -2.69. The van der Waals surface area contributed by atoms with Crippen LogP contribution in [0, 0.1) is 0 Å². The Morgan fingerprint density at radius 2 is 1.72 bits per heavy atom. The van der Waals surface area contributed by atoms with Crippen LogP contribution in [0.5, 0.6) is 0 Å². The maximum atomic E-state index is 11.6. The summed E-state index contributed by atoms with van der Waals surface area (Å²) >= 11 is 0. The predicted octanol–water partition coefficient (Wildman–Crippen LogP) is -0.709. The number of aliphatic hydroxyl groups excluding tert-OH is 2. The molecule has 0 radical (unpaired) electrons.